The SMILES string of the molecule is CCCC(C)N(C)C(=NC1CC1)NN. The summed E-state index contributed by atoms with van der Waals surface area (Å²) in [7, 11) is 2.04. The zero-order valence-electron chi connectivity index (χ0n) is 9.45. The quantitative estimate of drug-likeness (QED) is 0.308. The molecule has 4 heteroatoms. The van der Waals surface area contributed by atoms with Crippen LogP contribution in [0.25, 0.3) is 0 Å². The van der Waals surface area contributed by atoms with Crippen LogP contribution in [0.1, 0.15) is 39.5 Å². The van der Waals surface area contributed by atoms with Crippen molar-refractivity contribution in [1.82, 2.24) is 10.3 Å². The van der Waals surface area contributed by atoms with Gasteiger partial charge in [0.05, 0.1) is 6.04 Å². The second-order valence-electron chi connectivity index (χ2n) is 4.08. The van der Waals surface area contributed by atoms with E-state index < -0.39 is 0 Å². The summed E-state index contributed by atoms with van der Waals surface area (Å²) in [5.41, 5.74) is 2.69. The van der Waals surface area contributed by atoms with Crippen molar-refractivity contribution >= 4 is 5.96 Å². The topological polar surface area (TPSA) is 53.6 Å². The Labute approximate surface area is 86.5 Å². The van der Waals surface area contributed by atoms with Gasteiger partial charge in [0.25, 0.3) is 0 Å². The number of aliphatic imine (C=N–C) groups is 1. The van der Waals surface area contributed by atoms with Gasteiger partial charge in [0.1, 0.15) is 0 Å². The van der Waals surface area contributed by atoms with Gasteiger partial charge in [-0.1, -0.05) is 13.3 Å². The molecule has 4 nitrogen and oxygen atoms in total. The Hall–Kier alpha value is -0.770. The fourth-order valence-electron chi connectivity index (χ4n) is 1.43. The highest BCUT2D eigenvalue weighted by atomic mass is 15.4. The molecular formula is C10H22N4. The molecule has 0 aromatic rings. The fraction of sp³-hybridized carbons (Fsp3) is 0.900. The van der Waals surface area contributed by atoms with Gasteiger partial charge in [-0.2, -0.15) is 0 Å². The van der Waals surface area contributed by atoms with E-state index in [0.717, 1.165) is 5.96 Å². The van der Waals surface area contributed by atoms with E-state index in [-0.39, 0.29) is 0 Å². The van der Waals surface area contributed by atoms with Crippen LogP contribution in [0, 0.1) is 0 Å². The van der Waals surface area contributed by atoms with E-state index in [1.54, 1.807) is 0 Å². The first-order valence-electron chi connectivity index (χ1n) is 5.46. The lowest BCUT2D eigenvalue weighted by atomic mass is 10.2. The highest BCUT2D eigenvalue weighted by Crippen LogP contribution is 2.23. The minimum Gasteiger partial charge on any atom is -0.342 e. The molecule has 1 fully saturated rings. The molecule has 1 aliphatic carbocycles. The van der Waals surface area contributed by atoms with Gasteiger partial charge in [-0.3, -0.25) is 5.43 Å². The van der Waals surface area contributed by atoms with Crippen LogP contribution in [-0.2, 0) is 0 Å². The number of rotatable bonds is 4. The van der Waals surface area contributed by atoms with Gasteiger partial charge in [-0.05, 0) is 26.2 Å². The molecule has 3 N–H and O–H groups in total. The zero-order valence-corrected chi connectivity index (χ0v) is 9.45. The van der Waals surface area contributed by atoms with Crippen molar-refractivity contribution in [3.05, 3.63) is 0 Å². The minimum absolute atomic E-state index is 0.494. The summed E-state index contributed by atoms with van der Waals surface area (Å²) in [6, 6.07) is 1.01. The van der Waals surface area contributed by atoms with E-state index in [1.165, 1.54) is 25.7 Å². The number of hydrogen-bond donors (Lipinski definition) is 2. The van der Waals surface area contributed by atoms with Gasteiger partial charge in [0.15, 0.2) is 0 Å². The fourth-order valence-corrected chi connectivity index (χ4v) is 1.43. The average molecular weight is 198 g/mol. The Morgan fingerprint density at radius 3 is 2.71 bits per heavy atom. The van der Waals surface area contributed by atoms with Crippen molar-refractivity contribution in [2.75, 3.05) is 7.05 Å². The summed E-state index contributed by atoms with van der Waals surface area (Å²) in [6.45, 7) is 4.39. The van der Waals surface area contributed by atoms with Crippen LogP contribution in [0.4, 0.5) is 0 Å². The highest BCUT2D eigenvalue weighted by molar-refractivity contribution is 5.79. The largest absolute Gasteiger partial charge is 0.342 e. The minimum atomic E-state index is 0.494. The summed E-state index contributed by atoms with van der Waals surface area (Å²) in [6.07, 6.45) is 4.77. The number of hydrazine groups is 1. The Balaban J connectivity index is 2.49. The monoisotopic (exact) mass is 198 g/mol. The predicted molar refractivity (Wildman–Crippen MR) is 59.9 cm³/mol. The maximum atomic E-state index is 5.46. The molecular weight excluding hydrogens is 176 g/mol. The first-order valence-corrected chi connectivity index (χ1v) is 5.46. The maximum Gasteiger partial charge on any atom is 0.208 e. The van der Waals surface area contributed by atoms with E-state index in [9.17, 15) is 0 Å². The molecule has 1 unspecified atom stereocenters. The number of nitrogens with one attached hydrogen (secondary N) is 1. The molecule has 0 spiro atoms. The summed E-state index contributed by atoms with van der Waals surface area (Å²) in [4.78, 5) is 6.64. The van der Waals surface area contributed by atoms with E-state index in [2.05, 4.69) is 29.2 Å². The highest BCUT2D eigenvalue weighted by Gasteiger charge is 2.22. The molecule has 0 saturated heterocycles. The number of guanidine groups is 1. The Kier molecular flexibility index (Phi) is 4.20. The van der Waals surface area contributed by atoms with Gasteiger partial charge < -0.3 is 4.90 Å². The van der Waals surface area contributed by atoms with Crippen molar-refractivity contribution < 1.29 is 0 Å². The second kappa shape index (κ2) is 5.20. The molecule has 14 heavy (non-hydrogen) atoms. The molecule has 1 saturated carbocycles. The second-order valence-corrected chi connectivity index (χ2v) is 4.08. The van der Waals surface area contributed by atoms with Gasteiger partial charge in [0, 0.05) is 13.1 Å². The van der Waals surface area contributed by atoms with Crippen LogP contribution < -0.4 is 11.3 Å². The van der Waals surface area contributed by atoms with E-state index in [0.29, 0.717) is 12.1 Å². The van der Waals surface area contributed by atoms with E-state index in [1.807, 2.05) is 7.05 Å². The molecule has 0 heterocycles. The lowest BCUT2D eigenvalue weighted by Gasteiger charge is -2.27. The van der Waals surface area contributed by atoms with Crippen molar-refractivity contribution in [2.45, 2.75) is 51.6 Å². The van der Waals surface area contributed by atoms with Crippen molar-refractivity contribution in [3.8, 4) is 0 Å². The molecule has 0 aliphatic heterocycles. The normalized spacial score (nSPS) is 19.3. The molecule has 1 aliphatic rings. The average Bonchev–Trinajstić information content (AvgIpc) is 2.97. The first-order chi connectivity index (χ1) is 6.69. The Bertz CT molecular complexity index is 198. The van der Waals surface area contributed by atoms with Crippen molar-refractivity contribution in [1.29, 1.82) is 0 Å². The van der Waals surface area contributed by atoms with Crippen molar-refractivity contribution in [3.63, 3.8) is 0 Å². The number of nitrogens with zero attached hydrogens (tertiary/aromatic N) is 2. The third-order valence-corrected chi connectivity index (χ3v) is 2.68. The maximum absolute atomic E-state index is 5.46. The van der Waals surface area contributed by atoms with Gasteiger partial charge >= 0.3 is 0 Å². The molecule has 1 atom stereocenters. The van der Waals surface area contributed by atoms with Gasteiger partial charge in [-0.25, -0.2) is 10.8 Å². The summed E-state index contributed by atoms with van der Waals surface area (Å²) < 4.78 is 0. The summed E-state index contributed by atoms with van der Waals surface area (Å²) in [5, 5.41) is 0. The van der Waals surface area contributed by atoms with Gasteiger partial charge in [-0.15, -0.1) is 0 Å². The van der Waals surface area contributed by atoms with E-state index in [4.69, 9.17) is 5.84 Å². The number of hydrogen-bond acceptors (Lipinski definition) is 2. The molecule has 0 aromatic heterocycles. The van der Waals surface area contributed by atoms with Crippen LogP contribution in [-0.4, -0.2) is 30.0 Å². The van der Waals surface area contributed by atoms with Crippen LogP contribution in [0.5, 0.6) is 0 Å². The molecule has 1 rings (SSSR count). The third-order valence-electron chi connectivity index (χ3n) is 2.68. The third kappa shape index (κ3) is 3.18. The standard InChI is InChI=1S/C10H22N4/c1-4-5-8(2)14(3)10(13-11)12-9-6-7-9/h8-9H,4-7,11H2,1-3H3,(H,12,13). The number of nitrogens with two attached hydrogens (primary N) is 1. The van der Waals surface area contributed by atoms with Gasteiger partial charge in [0.2, 0.25) is 5.96 Å². The van der Waals surface area contributed by atoms with Crippen LogP contribution in [0.3, 0.4) is 0 Å². The Morgan fingerprint density at radius 1 is 1.64 bits per heavy atom. The molecule has 0 bridgehead atoms. The molecule has 82 valence electrons. The van der Waals surface area contributed by atoms with E-state index >= 15 is 0 Å². The lowest BCUT2D eigenvalue weighted by molar-refractivity contribution is 0.354. The van der Waals surface area contributed by atoms with Crippen LogP contribution >= 0.6 is 0 Å². The Morgan fingerprint density at radius 2 is 2.29 bits per heavy atom. The molecule has 0 aromatic carbocycles. The summed E-state index contributed by atoms with van der Waals surface area (Å²) >= 11 is 0. The van der Waals surface area contributed by atoms with Crippen molar-refractivity contribution in [2.24, 2.45) is 10.8 Å². The molecule has 0 radical (unpaired) electrons. The predicted octanol–water partition coefficient (Wildman–Crippen LogP) is 1.09. The smallest absolute Gasteiger partial charge is 0.208 e. The first kappa shape index (κ1) is 11.3. The lowest BCUT2D eigenvalue weighted by Crippen LogP contribution is -2.46. The molecule has 0 amide bonds. The van der Waals surface area contributed by atoms with Crippen LogP contribution in [0.15, 0.2) is 4.99 Å². The zero-order chi connectivity index (χ0) is 10.6. The van der Waals surface area contributed by atoms with Crippen LogP contribution in [0.2, 0.25) is 0 Å². The summed E-state index contributed by atoms with van der Waals surface area (Å²) in [5.74, 6) is 6.29.